The van der Waals surface area contributed by atoms with Gasteiger partial charge >= 0.3 is 0 Å². The van der Waals surface area contributed by atoms with Gasteiger partial charge in [0.2, 0.25) is 5.91 Å². The molecule has 4 heteroatoms. The molecular formula is C11H22N2OS. The standard InChI is InChI=1S/C11H22N2OS/c1-12-7-3-4-11(14)13-9-5-6-10(8-9)15-2/h9-10,12H,3-8H2,1-2H3,(H,13,14). The molecule has 0 radical (unpaired) electrons. The summed E-state index contributed by atoms with van der Waals surface area (Å²) in [5.74, 6) is 0.219. The van der Waals surface area contributed by atoms with E-state index in [0.717, 1.165) is 31.1 Å². The molecule has 0 aromatic carbocycles. The molecule has 1 aliphatic carbocycles. The summed E-state index contributed by atoms with van der Waals surface area (Å²) < 4.78 is 0. The van der Waals surface area contributed by atoms with Crippen LogP contribution in [-0.2, 0) is 4.79 Å². The van der Waals surface area contributed by atoms with Crippen LogP contribution in [0.4, 0.5) is 0 Å². The van der Waals surface area contributed by atoms with Gasteiger partial charge in [0.05, 0.1) is 0 Å². The van der Waals surface area contributed by atoms with Crippen LogP contribution in [0.2, 0.25) is 0 Å². The highest BCUT2D eigenvalue weighted by molar-refractivity contribution is 7.99. The van der Waals surface area contributed by atoms with E-state index in [-0.39, 0.29) is 5.91 Å². The van der Waals surface area contributed by atoms with Gasteiger partial charge in [-0.1, -0.05) is 0 Å². The summed E-state index contributed by atoms with van der Waals surface area (Å²) in [6, 6.07) is 0.435. The average Bonchev–Trinajstić information content (AvgIpc) is 2.66. The largest absolute Gasteiger partial charge is 0.353 e. The third kappa shape index (κ3) is 4.89. The van der Waals surface area contributed by atoms with E-state index >= 15 is 0 Å². The number of carbonyl (C=O) groups is 1. The summed E-state index contributed by atoms with van der Waals surface area (Å²) in [6.07, 6.45) is 7.30. The topological polar surface area (TPSA) is 41.1 Å². The zero-order chi connectivity index (χ0) is 11.1. The number of hydrogen-bond donors (Lipinski definition) is 2. The third-order valence-corrected chi connectivity index (χ3v) is 4.01. The number of carbonyl (C=O) groups excluding carboxylic acids is 1. The van der Waals surface area contributed by atoms with Gasteiger partial charge in [0, 0.05) is 17.7 Å². The van der Waals surface area contributed by atoms with Gasteiger partial charge in [-0.25, -0.2) is 0 Å². The van der Waals surface area contributed by atoms with Crippen LogP contribution in [-0.4, -0.2) is 37.0 Å². The molecule has 1 amide bonds. The van der Waals surface area contributed by atoms with Crippen molar-refractivity contribution in [2.24, 2.45) is 0 Å². The van der Waals surface area contributed by atoms with Crippen molar-refractivity contribution < 1.29 is 4.79 Å². The minimum absolute atomic E-state index is 0.219. The second-order valence-electron chi connectivity index (χ2n) is 4.14. The highest BCUT2D eigenvalue weighted by atomic mass is 32.2. The molecule has 3 nitrogen and oxygen atoms in total. The summed E-state index contributed by atoms with van der Waals surface area (Å²) in [6.45, 7) is 0.922. The Morgan fingerprint density at radius 1 is 1.47 bits per heavy atom. The third-order valence-electron chi connectivity index (χ3n) is 2.91. The fourth-order valence-electron chi connectivity index (χ4n) is 2.01. The van der Waals surface area contributed by atoms with Crippen LogP contribution < -0.4 is 10.6 Å². The van der Waals surface area contributed by atoms with Crippen LogP contribution in [0, 0.1) is 0 Å². The first-order valence-corrected chi connectivity index (χ1v) is 7.01. The zero-order valence-electron chi connectivity index (χ0n) is 9.71. The van der Waals surface area contributed by atoms with E-state index in [1.807, 2.05) is 18.8 Å². The van der Waals surface area contributed by atoms with Gasteiger partial charge in [0.25, 0.3) is 0 Å². The van der Waals surface area contributed by atoms with Crippen molar-refractivity contribution in [3.8, 4) is 0 Å². The highest BCUT2D eigenvalue weighted by Gasteiger charge is 2.24. The minimum atomic E-state index is 0.219. The molecule has 0 aliphatic heterocycles. The van der Waals surface area contributed by atoms with E-state index in [2.05, 4.69) is 16.9 Å². The van der Waals surface area contributed by atoms with E-state index in [9.17, 15) is 4.79 Å². The molecule has 0 aromatic heterocycles. The smallest absolute Gasteiger partial charge is 0.220 e. The molecule has 2 N–H and O–H groups in total. The van der Waals surface area contributed by atoms with E-state index in [0.29, 0.717) is 12.5 Å². The Morgan fingerprint density at radius 3 is 2.87 bits per heavy atom. The number of thioether (sulfide) groups is 1. The van der Waals surface area contributed by atoms with Gasteiger partial charge in [-0.3, -0.25) is 4.79 Å². The monoisotopic (exact) mass is 230 g/mol. The maximum absolute atomic E-state index is 11.5. The quantitative estimate of drug-likeness (QED) is 0.678. The lowest BCUT2D eigenvalue weighted by atomic mass is 10.2. The van der Waals surface area contributed by atoms with Gasteiger partial charge in [0.1, 0.15) is 0 Å². The summed E-state index contributed by atoms with van der Waals surface area (Å²) in [5.41, 5.74) is 0. The molecule has 0 aromatic rings. The SMILES string of the molecule is CNCCCC(=O)NC1CCC(SC)C1. The summed E-state index contributed by atoms with van der Waals surface area (Å²) in [7, 11) is 1.91. The fraction of sp³-hybridized carbons (Fsp3) is 0.909. The van der Waals surface area contributed by atoms with E-state index in [1.165, 1.54) is 6.42 Å². The molecule has 2 unspecified atom stereocenters. The molecule has 0 spiro atoms. The Hall–Kier alpha value is -0.220. The molecule has 0 saturated heterocycles. The molecule has 15 heavy (non-hydrogen) atoms. The van der Waals surface area contributed by atoms with Crippen LogP contribution >= 0.6 is 11.8 Å². The van der Waals surface area contributed by atoms with Gasteiger partial charge in [-0.05, 0) is 45.5 Å². The number of hydrogen-bond acceptors (Lipinski definition) is 3. The molecule has 1 aliphatic rings. The normalized spacial score (nSPS) is 25.5. The predicted octanol–water partition coefficient (Wildman–Crippen LogP) is 1.39. The van der Waals surface area contributed by atoms with Crippen molar-refractivity contribution in [1.29, 1.82) is 0 Å². The molecule has 0 bridgehead atoms. The maximum Gasteiger partial charge on any atom is 0.220 e. The van der Waals surface area contributed by atoms with Crippen molar-refractivity contribution in [2.75, 3.05) is 19.8 Å². The molecule has 0 heterocycles. The Bertz CT molecular complexity index is 199. The van der Waals surface area contributed by atoms with Crippen LogP contribution in [0.15, 0.2) is 0 Å². The molecule has 2 atom stereocenters. The molecular weight excluding hydrogens is 208 g/mol. The predicted molar refractivity (Wildman–Crippen MR) is 66.2 cm³/mol. The van der Waals surface area contributed by atoms with Crippen LogP contribution in [0.1, 0.15) is 32.1 Å². The van der Waals surface area contributed by atoms with E-state index in [1.54, 1.807) is 0 Å². The van der Waals surface area contributed by atoms with Crippen molar-refractivity contribution in [3.05, 3.63) is 0 Å². The first kappa shape index (κ1) is 12.8. The lowest BCUT2D eigenvalue weighted by molar-refractivity contribution is -0.121. The Kier molecular flexibility index (Phi) is 6.10. The lowest BCUT2D eigenvalue weighted by Gasteiger charge is -2.12. The highest BCUT2D eigenvalue weighted by Crippen LogP contribution is 2.28. The fourth-order valence-corrected chi connectivity index (χ4v) is 2.81. The first-order chi connectivity index (χ1) is 7.26. The van der Waals surface area contributed by atoms with Crippen LogP contribution in [0.25, 0.3) is 0 Å². The molecule has 88 valence electrons. The number of nitrogens with one attached hydrogen (secondary N) is 2. The second-order valence-corrected chi connectivity index (χ2v) is 5.28. The van der Waals surface area contributed by atoms with Crippen molar-refractivity contribution in [3.63, 3.8) is 0 Å². The van der Waals surface area contributed by atoms with Crippen molar-refractivity contribution >= 4 is 17.7 Å². The maximum atomic E-state index is 11.5. The summed E-state index contributed by atoms with van der Waals surface area (Å²) in [5, 5.41) is 6.93. The van der Waals surface area contributed by atoms with Gasteiger partial charge < -0.3 is 10.6 Å². The lowest BCUT2D eigenvalue weighted by Crippen LogP contribution is -2.33. The zero-order valence-corrected chi connectivity index (χ0v) is 10.5. The molecule has 1 saturated carbocycles. The number of amides is 1. The Balaban J connectivity index is 2.10. The van der Waals surface area contributed by atoms with E-state index < -0.39 is 0 Å². The van der Waals surface area contributed by atoms with Crippen molar-refractivity contribution in [1.82, 2.24) is 10.6 Å². The molecule has 1 fully saturated rings. The van der Waals surface area contributed by atoms with E-state index in [4.69, 9.17) is 0 Å². The summed E-state index contributed by atoms with van der Waals surface area (Å²) in [4.78, 5) is 11.5. The van der Waals surface area contributed by atoms with Gasteiger partial charge in [-0.15, -0.1) is 0 Å². The average molecular weight is 230 g/mol. The van der Waals surface area contributed by atoms with Gasteiger partial charge in [-0.2, -0.15) is 11.8 Å². The molecule has 1 rings (SSSR count). The Labute approximate surface area is 96.8 Å². The Morgan fingerprint density at radius 2 is 2.27 bits per heavy atom. The van der Waals surface area contributed by atoms with Crippen LogP contribution in [0.3, 0.4) is 0 Å². The second kappa shape index (κ2) is 7.12. The summed E-state index contributed by atoms with van der Waals surface area (Å²) >= 11 is 1.92. The minimum Gasteiger partial charge on any atom is -0.353 e. The number of rotatable bonds is 6. The van der Waals surface area contributed by atoms with Crippen LogP contribution in [0.5, 0.6) is 0 Å². The van der Waals surface area contributed by atoms with Gasteiger partial charge in [0.15, 0.2) is 0 Å². The van der Waals surface area contributed by atoms with Crippen molar-refractivity contribution in [2.45, 2.75) is 43.4 Å². The first-order valence-electron chi connectivity index (χ1n) is 5.73.